The van der Waals surface area contributed by atoms with Gasteiger partial charge in [0.2, 0.25) is 5.95 Å². The van der Waals surface area contributed by atoms with E-state index in [2.05, 4.69) is 33.6 Å². The van der Waals surface area contributed by atoms with Crippen LogP contribution in [-0.4, -0.2) is 36.8 Å². The third-order valence-electron chi connectivity index (χ3n) is 3.55. The minimum absolute atomic E-state index is 0.664. The van der Waals surface area contributed by atoms with Crippen LogP contribution in [0.5, 0.6) is 0 Å². The molecule has 0 atom stereocenters. The molecule has 0 unspecified atom stereocenters. The number of thiophene rings is 1. The molecular weight excluding hydrogens is 284 g/mol. The highest BCUT2D eigenvalue weighted by molar-refractivity contribution is 7.18. The molecule has 0 radical (unpaired) electrons. The summed E-state index contributed by atoms with van der Waals surface area (Å²) >= 11 is 1.70. The molecule has 0 aromatic carbocycles. The Bertz CT molecular complexity index is 609. The van der Waals surface area contributed by atoms with Crippen molar-refractivity contribution in [3.8, 4) is 0 Å². The molecule has 114 valence electrons. The minimum atomic E-state index is 0.664. The molecule has 0 amide bonds. The van der Waals surface area contributed by atoms with Crippen molar-refractivity contribution >= 4 is 33.3 Å². The molecule has 1 fully saturated rings. The van der Waals surface area contributed by atoms with E-state index in [9.17, 15) is 0 Å². The van der Waals surface area contributed by atoms with Crippen molar-refractivity contribution in [1.82, 2.24) is 9.97 Å². The largest absolute Gasteiger partial charge is 0.381 e. The first-order valence-corrected chi connectivity index (χ1v) is 8.35. The number of hydrogen-bond donors (Lipinski definition) is 2. The SMILES string of the molecule is CNc1nc(NCCCOCC2CC2)c2cc(C)sc2n1. The van der Waals surface area contributed by atoms with Crippen LogP contribution in [-0.2, 0) is 4.74 Å². The van der Waals surface area contributed by atoms with Crippen LogP contribution < -0.4 is 10.6 Å². The van der Waals surface area contributed by atoms with Crippen LogP contribution >= 0.6 is 11.3 Å². The molecule has 5 nitrogen and oxygen atoms in total. The van der Waals surface area contributed by atoms with Crippen LogP contribution in [0.15, 0.2) is 6.07 Å². The number of aryl methyl sites for hydroxylation is 1. The molecule has 1 aliphatic carbocycles. The van der Waals surface area contributed by atoms with E-state index in [1.807, 2.05) is 7.05 Å². The monoisotopic (exact) mass is 306 g/mol. The number of nitrogens with zero attached hydrogens (tertiary/aromatic N) is 2. The summed E-state index contributed by atoms with van der Waals surface area (Å²) in [5, 5.41) is 7.54. The summed E-state index contributed by atoms with van der Waals surface area (Å²) in [6.45, 7) is 4.72. The second kappa shape index (κ2) is 6.58. The topological polar surface area (TPSA) is 59.1 Å². The van der Waals surface area contributed by atoms with Crippen LogP contribution in [0.3, 0.4) is 0 Å². The van der Waals surface area contributed by atoms with Gasteiger partial charge >= 0.3 is 0 Å². The molecule has 3 rings (SSSR count). The summed E-state index contributed by atoms with van der Waals surface area (Å²) in [5.74, 6) is 2.42. The summed E-state index contributed by atoms with van der Waals surface area (Å²) in [6.07, 6.45) is 3.69. The normalized spacial score (nSPS) is 14.6. The lowest BCUT2D eigenvalue weighted by molar-refractivity contribution is 0.124. The zero-order valence-corrected chi connectivity index (χ0v) is 13.4. The van der Waals surface area contributed by atoms with Crippen molar-refractivity contribution in [3.05, 3.63) is 10.9 Å². The number of rotatable bonds is 8. The fourth-order valence-electron chi connectivity index (χ4n) is 2.20. The van der Waals surface area contributed by atoms with Gasteiger partial charge < -0.3 is 15.4 Å². The standard InChI is InChI=1S/C15H22N4OS/c1-10-8-12-13(18-15(16-2)19-14(12)21-10)17-6-3-7-20-9-11-4-5-11/h8,11H,3-7,9H2,1-2H3,(H2,16,17,18,19). The van der Waals surface area contributed by atoms with Crippen molar-refractivity contribution < 1.29 is 4.74 Å². The molecule has 1 saturated carbocycles. The molecule has 1 aliphatic rings. The van der Waals surface area contributed by atoms with E-state index in [4.69, 9.17) is 4.74 Å². The van der Waals surface area contributed by atoms with Crippen LogP contribution in [0.4, 0.5) is 11.8 Å². The Kier molecular flexibility index (Phi) is 4.55. The fraction of sp³-hybridized carbons (Fsp3) is 0.600. The maximum Gasteiger partial charge on any atom is 0.225 e. The third kappa shape index (κ3) is 3.83. The van der Waals surface area contributed by atoms with Crippen LogP contribution in [0, 0.1) is 12.8 Å². The predicted octanol–water partition coefficient (Wildman–Crippen LogP) is 3.27. The molecule has 2 aromatic heterocycles. The highest BCUT2D eigenvalue weighted by Gasteiger charge is 2.20. The Balaban J connectivity index is 1.56. The van der Waals surface area contributed by atoms with E-state index < -0.39 is 0 Å². The first-order chi connectivity index (χ1) is 10.3. The van der Waals surface area contributed by atoms with E-state index >= 15 is 0 Å². The Morgan fingerprint density at radius 3 is 3.00 bits per heavy atom. The number of ether oxygens (including phenoxy) is 1. The second-order valence-corrected chi connectivity index (χ2v) is 6.76. The molecule has 2 heterocycles. The maximum atomic E-state index is 5.65. The Morgan fingerprint density at radius 2 is 2.24 bits per heavy atom. The van der Waals surface area contributed by atoms with E-state index in [0.717, 1.165) is 48.1 Å². The van der Waals surface area contributed by atoms with Gasteiger partial charge in [0, 0.05) is 31.7 Å². The molecule has 0 bridgehead atoms. The van der Waals surface area contributed by atoms with Gasteiger partial charge in [0.05, 0.1) is 5.39 Å². The van der Waals surface area contributed by atoms with Gasteiger partial charge in [0.1, 0.15) is 10.6 Å². The van der Waals surface area contributed by atoms with Gasteiger partial charge in [-0.3, -0.25) is 0 Å². The van der Waals surface area contributed by atoms with Crippen LogP contribution in [0.1, 0.15) is 24.1 Å². The Hall–Kier alpha value is -1.40. The number of fused-ring (bicyclic) bond motifs is 1. The lowest BCUT2D eigenvalue weighted by Gasteiger charge is -2.08. The minimum Gasteiger partial charge on any atom is -0.381 e. The Labute approximate surface area is 129 Å². The number of hydrogen-bond acceptors (Lipinski definition) is 6. The molecule has 0 spiro atoms. The van der Waals surface area contributed by atoms with Crippen molar-refractivity contribution in [2.24, 2.45) is 5.92 Å². The maximum absolute atomic E-state index is 5.65. The van der Waals surface area contributed by atoms with E-state index in [1.165, 1.54) is 17.7 Å². The number of anilines is 2. The molecule has 0 aliphatic heterocycles. The molecule has 2 N–H and O–H groups in total. The zero-order valence-electron chi connectivity index (χ0n) is 12.6. The number of aromatic nitrogens is 2. The average molecular weight is 306 g/mol. The van der Waals surface area contributed by atoms with Crippen molar-refractivity contribution in [2.45, 2.75) is 26.2 Å². The van der Waals surface area contributed by atoms with Gasteiger partial charge in [0.25, 0.3) is 0 Å². The van der Waals surface area contributed by atoms with Gasteiger partial charge in [-0.1, -0.05) is 0 Å². The molecule has 2 aromatic rings. The van der Waals surface area contributed by atoms with Crippen LogP contribution in [0.2, 0.25) is 0 Å². The lowest BCUT2D eigenvalue weighted by atomic mass is 10.3. The number of nitrogens with one attached hydrogen (secondary N) is 2. The molecule has 0 saturated heterocycles. The predicted molar refractivity (Wildman–Crippen MR) is 88.3 cm³/mol. The summed E-state index contributed by atoms with van der Waals surface area (Å²) < 4.78 is 5.65. The highest BCUT2D eigenvalue weighted by Crippen LogP contribution is 2.30. The average Bonchev–Trinajstić information content (AvgIpc) is 3.22. The molecular formula is C15H22N4OS. The summed E-state index contributed by atoms with van der Waals surface area (Å²) in [5.41, 5.74) is 0. The van der Waals surface area contributed by atoms with Crippen molar-refractivity contribution in [1.29, 1.82) is 0 Å². The van der Waals surface area contributed by atoms with Gasteiger partial charge in [-0.25, -0.2) is 4.98 Å². The summed E-state index contributed by atoms with van der Waals surface area (Å²) in [7, 11) is 1.84. The summed E-state index contributed by atoms with van der Waals surface area (Å²) in [6, 6.07) is 2.14. The second-order valence-electron chi connectivity index (χ2n) is 5.52. The first kappa shape index (κ1) is 14.5. The van der Waals surface area contributed by atoms with Gasteiger partial charge in [0.15, 0.2) is 0 Å². The first-order valence-electron chi connectivity index (χ1n) is 7.54. The highest BCUT2D eigenvalue weighted by atomic mass is 32.1. The smallest absolute Gasteiger partial charge is 0.225 e. The van der Waals surface area contributed by atoms with Gasteiger partial charge in [-0.05, 0) is 38.2 Å². The van der Waals surface area contributed by atoms with Crippen molar-refractivity contribution in [2.75, 3.05) is 37.4 Å². The van der Waals surface area contributed by atoms with E-state index in [1.54, 1.807) is 11.3 Å². The quantitative estimate of drug-likeness (QED) is 0.733. The van der Waals surface area contributed by atoms with E-state index in [-0.39, 0.29) is 0 Å². The van der Waals surface area contributed by atoms with E-state index in [0.29, 0.717) is 5.95 Å². The van der Waals surface area contributed by atoms with Gasteiger partial charge in [-0.2, -0.15) is 4.98 Å². The zero-order chi connectivity index (χ0) is 14.7. The molecule has 6 heteroatoms. The summed E-state index contributed by atoms with van der Waals surface area (Å²) in [4.78, 5) is 11.3. The third-order valence-corrected chi connectivity index (χ3v) is 4.49. The van der Waals surface area contributed by atoms with Crippen molar-refractivity contribution in [3.63, 3.8) is 0 Å². The lowest BCUT2D eigenvalue weighted by Crippen LogP contribution is -2.09. The van der Waals surface area contributed by atoms with Crippen LogP contribution in [0.25, 0.3) is 10.2 Å². The Morgan fingerprint density at radius 1 is 1.38 bits per heavy atom. The van der Waals surface area contributed by atoms with Gasteiger partial charge in [-0.15, -0.1) is 11.3 Å². The fourth-order valence-corrected chi connectivity index (χ4v) is 3.08. The molecule has 21 heavy (non-hydrogen) atoms.